The molecular formula is C14H22NO5P. The molecule has 7 heteroatoms. The van der Waals surface area contributed by atoms with E-state index in [1.807, 2.05) is 37.3 Å². The van der Waals surface area contributed by atoms with E-state index in [0.29, 0.717) is 6.42 Å². The molecule has 3 unspecified atom stereocenters. The van der Waals surface area contributed by atoms with Crippen molar-refractivity contribution in [3.63, 3.8) is 0 Å². The Kier molecular flexibility index (Phi) is 6.89. The Bertz CT molecular complexity index is 493. The van der Waals surface area contributed by atoms with Gasteiger partial charge < -0.3 is 19.5 Å². The van der Waals surface area contributed by atoms with Crippen LogP contribution in [0.15, 0.2) is 30.3 Å². The summed E-state index contributed by atoms with van der Waals surface area (Å²) in [6.07, 6.45) is -0.118. The summed E-state index contributed by atoms with van der Waals surface area (Å²) in [5.74, 6) is -1.21. The van der Waals surface area contributed by atoms with Crippen molar-refractivity contribution < 1.29 is 23.5 Å². The highest BCUT2D eigenvalue weighted by Gasteiger charge is 2.36. The number of ether oxygens (including phenoxy) is 1. The Morgan fingerprint density at radius 1 is 1.38 bits per heavy atom. The van der Waals surface area contributed by atoms with Crippen LogP contribution in [0.3, 0.4) is 0 Å². The van der Waals surface area contributed by atoms with Crippen LogP contribution in [0.25, 0.3) is 0 Å². The first kappa shape index (κ1) is 17.7. The second-order valence-electron chi connectivity index (χ2n) is 4.78. The van der Waals surface area contributed by atoms with E-state index in [1.54, 1.807) is 6.92 Å². The molecule has 0 radical (unpaired) electrons. The Labute approximate surface area is 125 Å². The molecule has 21 heavy (non-hydrogen) atoms. The molecule has 1 aromatic rings. The summed E-state index contributed by atoms with van der Waals surface area (Å²) < 4.78 is 21.6. The van der Waals surface area contributed by atoms with Crippen LogP contribution in [0.4, 0.5) is 4.79 Å². The zero-order valence-electron chi connectivity index (χ0n) is 12.5. The van der Waals surface area contributed by atoms with Crippen molar-refractivity contribution in [2.45, 2.75) is 32.7 Å². The molecule has 1 amide bonds. The molecule has 0 aliphatic rings. The number of nitrogens with one attached hydrogen (secondary N) is 1. The van der Waals surface area contributed by atoms with Gasteiger partial charge in [0.15, 0.2) is 0 Å². The number of amides is 1. The monoisotopic (exact) mass is 315 g/mol. The van der Waals surface area contributed by atoms with Gasteiger partial charge in [0.2, 0.25) is 0 Å². The molecule has 118 valence electrons. The quantitative estimate of drug-likeness (QED) is 0.755. The van der Waals surface area contributed by atoms with Crippen molar-refractivity contribution in [1.82, 2.24) is 5.32 Å². The molecule has 0 saturated carbocycles. The molecule has 0 spiro atoms. The van der Waals surface area contributed by atoms with E-state index in [0.717, 1.165) is 12.7 Å². The minimum atomic E-state index is -3.92. The van der Waals surface area contributed by atoms with E-state index >= 15 is 0 Å². The van der Waals surface area contributed by atoms with Crippen molar-refractivity contribution in [3.8, 4) is 0 Å². The number of alkyl carbamates (subject to hydrolysis) is 1. The zero-order valence-corrected chi connectivity index (χ0v) is 13.4. The fourth-order valence-corrected chi connectivity index (χ4v) is 3.12. The van der Waals surface area contributed by atoms with Gasteiger partial charge in [0.05, 0.1) is 0 Å². The van der Waals surface area contributed by atoms with E-state index < -0.39 is 19.5 Å². The predicted octanol–water partition coefficient (Wildman–Crippen LogP) is 3.12. The average Bonchev–Trinajstić information content (AvgIpc) is 2.50. The summed E-state index contributed by atoms with van der Waals surface area (Å²) >= 11 is 0. The van der Waals surface area contributed by atoms with Gasteiger partial charge in [0.25, 0.3) is 0 Å². The molecule has 0 fully saturated rings. The van der Waals surface area contributed by atoms with Gasteiger partial charge in [-0.25, -0.2) is 4.79 Å². The van der Waals surface area contributed by atoms with E-state index in [-0.39, 0.29) is 12.5 Å². The summed E-state index contributed by atoms with van der Waals surface area (Å²) in [5, 5.41) is 2.43. The van der Waals surface area contributed by atoms with Crippen molar-refractivity contribution in [3.05, 3.63) is 35.9 Å². The number of hydrogen-bond acceptors (Lipinski definition) is 4. The molecule has 0 aliphatic carbocycles. The van der Waals surface area contributed by atoms with Gasteiger partial charge in [0, 0.05) is 7.11 Å². The van der Waals surface area contributed by atoms with Gasteiger partial charge in [-0.05, 0) is 11.5 Å². The van der Waals surface area contributed by atoms with Crippen molar-refractivity contribution in [1.29, 1.82) is 0 Å². The molecule has 1 aromatic carbocycles. The van der Waals surface area contributed by atoms with E-state index in [9.17, 15) is 14.3 Å². The fourth-order valence-electron chi connectivity index (χ4n) is 1.77. The van der Waals surface area contributed by atoms with Crippen LogP contribution in [-0.4, -0.2) is 23.9 Å². The van der Waals surface area contributed by atoms with Crippen LogP contribution < -0.4 is 5.32 Å². The highest BCUT2D eigenvalue weighted by atomic mass is 31.2. The first-order valence-electron chi connectivity index (χ1n) is 6.76. The predicted molar refractivity (Wildman–Crippen MR) is 79.8 cm³/mol. The second-order valence-corrected chi connectivity index (χ2v) is 6.83. The normalized spacial score (nSPS) is 16.6. The molecule has 0 aromatic heterocycles. The maximum atomic E-state index is 12.0. The molecule has 3 atom stereocenters. The first-order valence-corrected chi connectivity index (χ1v) is 8.40. The SMILES string of the molecule is CCC(C)C(NC(=O)OCc1ccccc1)P(=O)(O)OC. The zero-order chi connectivity index (χ0) is 15.9. The largest absolute Gasteiger partial charge is 0.445 e. The van der Waals surface area contributed by atoms with Crippen LogP contribution in [0.2, 0.25) is 0 Å². The summed E-state index contributed by atoms with van der Waals surface area (Å²) in [6.45, 7) is 3.73. The molecule has 0 aliphatic heterocycles. The lowest BCUT2D eigenvalue weighted by Crippen LogP contribution is -2.39. The molecular weight excluding hydrogens is 293 g/mol. The molecule has 0 saturated heterocycles. The van der Waals surface area contributed by atoms with Gasteiger partial charge in [-0.3, -0.25) is 4.57 Å². The van der Waals surface area contributed by atoms with Crippen LogP contribution in [0.1, 0.15) is 25.8 Å². The summed E-state index contributed by atoms with van der Waals surface area (Å²) in [7, 11) is -2.77. The maximum Gasteiger partial charge on any atom is 0.408 e. The molecule has 1 rings (SSSR count). The number of carbonyl (C=O) groups is 1. The van der Waals surface area contributed by atoms with Crippen LogP contribution in [-0.2, 0) is 20.4 Å². The topological polar surface area (TPSA) is 84.9 Å². The number of benzene rings is 1. The highest BCUT2D eigenvalue weighted by Crippen LogP contribution is 2.48. The maximum absolute atomic E-state index is 12.0. The summed E-state index contributed by atoms with van der Waals surface area (Å²) in [6, 6.07) is 9.19. The molecule has 0 bridgehead atoms. The van der Waals surface area contributed by atoms with Gasteiger partial charge in [-0.15, -0.1) is 0 Å². The number of hydrogen-bond donors (Lipinski definition) is 2. The molecule has 2 N–H and O–H groups in total. The Morgan fingerprint density at radius 2 is 2.00 bits per heavy atom. The Balaban J connectivity index is 2.62. The lowest BCUT2D eigenvalue weighted by molar-refractivity contribution is 0.133. The average molecular weight is 315 g/mol. The van der Waals surface area contributed by atoms with Gasteiger partial charge in [-0.2, -0.15) is 0 Å². The van der Waals surface area contributed by atoms with Gasteiger partial charge in [0.1, 0.15) is 12.4 Å². The van der Waals surface area contributed by atoms with Gasteiger partial charge >= 0.3 is 13.7 Å². The van der Waals surface area contributed by atoms with Gasteiger partial charge in [-0.1, -0.05) is 50.6 Å². The third-order valence-electron chi connectivity index (χ3n) is 3.27. The van der Waals surface area contributed by atoms with E-state index in [1.165, 1.54) is 0 Å². The molecule has 0 heterocycles. The van der Waals surface area contributed by atoms with E-state index in [2.05, 4.69) is 9.84 Å². The third-order valence-corrected chi connectivity index (χ3v) is 5.14. The smallest absolute Gasteiger partial charge is 0.408 e. The van der Waals surface area contributed by atoms with Crippen LogP contribution >= 0.6 is 7.60 Å². The first-order chi connectivity index (χ1) is 9.90. The van der Waals surface area contributed by atoms with E-state index in [4.69, 9.17) is 4.74 Å². The summed E-state index contributed by atoms with van der Waals surface area (Å²) in [4.78, 5) is 21.6. The van der Waals surface area contributed by atoms with Crippen molar-refractivity contribution >= 4 is 13.7 Å². The van der Waals surface area contributed by atoms with Crippen molar-refractivity contribution in [2.75, 3.05) is 7.11 Å². The standard InChI is InChI=1S/C14H22NO5P/c1-4-11(2)13(21(17,18)19-3)15-14(16)20-10-12-8-6-5-7-9-12/h5-9,11,13H,4,10H2,1-3H3,(H,15,16)(H,17,18). The lowest BCUT2D eigenvalue weighted by Gasteiger charge is -2.26. The highest BCUT2D eigenvalue weighted by molar-refractivity contribution is 7.53. The minimum Gasteiger partial charge on any atom is -0.445 e. The number of rotatable bonds is 7. The van der Waals surface area contributed by atoms with Crippen molar-refractivity contribution in [2.24, 2.45) is 5.92 Å². The third kappa shape index (κ3) is 5.50. The summed E-state index contributed by atoms with van der Waals surface area (Å²) in [5.41, 5.74) is 0.840. The Hall–Kier alpha value is -1.36. The molecule has 6 nitrogen and oxygen atoms in total. The minimum absolute atomic E-state index is 0.0998. The second kappa shape index (κ2) is 8.17. The van der Waals surface area contributed by atoms with Crippen LogP contribution in [0, 0.1) is 5.92 Å². The Morgan fingerprint density at radius 3 is 2.52 bits per heavy atom. The van der Waals surface area contributed by atoms with Crippen LogP contribution in [0.5, 0.6) is 0 Å². The fraction of sp³-hybridized carbons (Fsp3) is 0.500. The number of carbonyl (C=O) groups excluding carboxylic acids is 1. The lowest BCUT2D eigenvalue weighted by atomic mass is 10.1.